The Kier molecular flexibility index (Phi) is 2.79. The lowest BCUT2D eigenvalue weighted by Gasteiger charge is -1.92. The largest absolute Gasteiger partial charge is 0.338 e. The molecule has 2 heterocycles. The fourth-order valence-corrected chi connectivity index (χ4v) is 1.79. The van der Waals surface area contributed by atoms with Crippen LogP contribution in [-0.4, -0.2) is 15.1 Å². The zero-order chi connectivity index (χ0) is 10.8. The Labute approximate surface area is 91.3 Å². The first-order valence-electron chi connectivity index (χ1n) is 4.64. The van der Waals surface area contributed by atoms with E-state index in [0.717, 1.165) is 10.7 Å². The Morgan fingerprint density at radius 2 is 2.33 bits per heavy atom. The van der Waals surface area contributed by atoms with E-state index in [9.17, 15) is 0 Å². The predicted molar refractivity (Wildman–Crippen MR) is 56.6 cm³/mol. The molecule has 2 N–H and O–H groups in total. The van der Waals surface area contributed by atoms with Gasteiger partial charge in [-0.3, -0.25) is 0 Å². The molecular weight excluding hydrogens is 212 g/mol. The first-order chi connectivity index (χ1) is 7.15. The molecule has 0 bridgehead atoms. The molecule has 2 aromatic rings. The van der Waals surface area contributed by atoms with Crippen LogP contribution in [0.15, 0.2) is 9.90 Å². The summed E-state index contributed by atoms with van der Waals surface area (Å²) in [4.78, 5) is 8.50. The molecular formula is C9H12N4OS. The van der Waals surface area contributed by atoms with Crippen LogP contribution in [-0.2, 0) is 6.42 Å². The number of hydrogen-bond acceptors (Lipinski definition) is 6. The van der Waals surface area contributed by atoms with Crippen LogP contribution in [0.5, 0.6) is 0 Å². The van der Waals surface area contributed by atoms with Gasteiger partial charge in [0.25, 0.3) is 0 Å². The van der Waals surface area contributed by atoms with Gasteiger partial charge in [0, 0.05) is 5.38 Å². The summed E-state index contributed by atoms with van der Waals surface area (Å²) in [5.41, 5.74) is 6.58. The summed E-state index contributed by atoms with van der Waals surface area (Å²) in [7, 11) is 0. The Hall–Kier alpha value is -1.27. The Balaban J connectivity index is 2.11. The standard InChI is InChI=1S/C9H12N4OS/c1-5(10)9-12-8(13-14-9)3-7-4-15-6(2)11-7/h4-5H,3,10H2,1-2H3/t5-/m1/s1. The van der Waals surface area contributed by atoms with Gasteiger partial charge in [0.1, 0.15) is 0 Å². The second-order valence-electron chi connectivity index (χ2n) is 3.37. The average molecular weight is 224 g/mol. The highest BCUT2D eigenvalue weighted by molar-refractivity contribution is 7.09. The molecule has 0 aliphatic rings. The Morgan fingerprint density at radius 3 is 2.87 bits per heavy atom. The van der Waals surface area contributed by atoms with Gasteiger partial charge in [0.05, 0.1) is 23.2 Å². The first kappa shape index (κ1) is 10.3. The molecule has 2 rings (SSSR count). The van der Waals surface area contributed by atoms with Crippen molar-refractivity contribution in [3.63, 3.8) is 0 Å². The van der Waals surface area contributed by atoms with Gasteiger partial charge in [0.2, 0.25) is 5.89 Å². The van der Waals surface area contributed by atoms with E-state index in [2.05, 4.69) is 15.1 Å². The predicted octanol–water partition coefficient (Wildman–Crippen LogP) is 1.45. The molecule has 0 amide bonds. The smallest absolute Gasteiger partial charge is 0.243 e. The molecule has 0 aliphatic heterocycles. The summed E-state index contributed by atoms with van der Waals surface area (Å²) in [6.45, 7) is 3.78. The monoisotopic (exact) mass is 224 g/mol. The lowest BCUT2D eigenvalue weighted by Crippen LogP contribution is -2.05. The van der Waals surface area contributed by atoms with Crippen molar-refractivity contribution in [1.29, 1.82) is 0 Å². The lowest BCUT2D eigenvalue weighted by atomic mass is 10.3. The Morgan fingerprint density at radius 1 is 1.53 bits per heavy atom. The summed E-state index contributed by atoms with van der Waals surface area (Å²) in [5.74, 6) is 1.10. The first-order valence-corrected chi connectivity index (χ1v) is 5.52. The number of aromatic nitrogens is 3. The van der Waals surface area contributed by atoms with Crippen molar-refractivity contribution in [2.24, 2.45) is 5.73 Å². The average Bonchev–Trinajstić information content (AvgIpc) is 2.76. The van der Waals surface area contributed by atoms with E-state index in [1.165, 1.54) is 0 Å². The fraction of sp³-hybridized carbons (Fsp3) is 0.444. The molecule has 0 radical (unpaired) electrons. The number of nitrogens with zero attached hydrogens (tertiary/aromatic N) is 3. The molecule has 6 heteroatoms. The summed E-state index contributed by atoms with van der Waals surface area (Å²) < 4.78 is 4.99. The minimum Gasteiger partial charge on any atom is -0.338 e. The highest BCUT2D eigenvalue weighted by atomic mass is 32.1. The molecule has 0 saturated carbocycles. The minimum atomic E-state index is -0.219. The third-order valence-corrected chi connectivity index (χ3v) is 2.70. The SMILES string of the molecule is Cc1nc(Cc2noc([C@@H](C)N)n2)cs1. The summed E-state index contributed by atoms with van der Waals surface area (Å²) >= 11 is 1.61. The van der Waals surface area contributed by atoms with Crippen molar-refractivity contribution < 1.29 is 4.52 Å². The summed E-state index contributed by atoms with van der Waals surface area (Å²) in [6, 6.07) is -0.219. The molecule has 0 aromatic carbocycles. The second-order valence-corrected chi connectivity index (χ2v) is 4.43. The molecule has 0 saturated heterocycles. The number of nitrogens with two attached hydrogens (primary N) is 1. The summed E-state index contributed by atoms with van der Waals surface area (Å²) in [6.07, 6.45) is 0.598. The molecule has 0 fully saturated rings. The highest BCUT2D eigenvalue weighted by Crippen LogP contribution is 2.12. The third kappa shape index (κ3) is 2.40. The zero-order valence-corrected chi connectivity index (χ0v) is 9.41. The molecule has 80 valence electrons. The van der Waals surface area contributed by atoms with Crippen molar-refractivity contribution in [2.45, 2.75) is 26.3 Å². The van der Waals surface area contributed by atoms with Gasteiger partial charge in [-0.2, -0.15) is 4.98 Å². The maximum absolute atomic E-state index is 5.61. The molecule has 0 spiro atoms. The van der Waals surface area contributed by atoms with E-state index < -0.39 is 0 Å². The van der Waals surface area contributed by atoms with Crippen LogP contribution >= 0.6 is 11.3 Å². The fourth-order valence-electron chi connectivity index (χ4n) is 1.18. The number of rotatable bonds is 3. The van der Waals surface area contributed by atoms with E-state index >= 15 is 0 Å². The van der Waals surface area contributed by atoms with Crippen LogP contribution in [0.4, 0.5) is 0 Å². The number of aryl methyl sites for hydroxylation is 1. The van der Waals surface area contributed by atoms with Crippen molar-refractivity contribution in [2.75, 3.05) is 0 Å². The van der Waals surface area contributed by atoms with Gasteiger partial charge in [0.15, 0.2) is 5.82 Å². The molecule has 5 nitrogen and oxygen atoms in total. The zero-order valence-electron chi connectivity index (χ0n) is 8.60. The quantitative estimate of drug-likeness (QED) is 0.853. The van der Waals surface area contributed by atoms with Gasteiger partial charge >= 0.3 is 0 Å². The topological polar surface area (TPSA) is 77.8 Å². The van der Waals surface area contributed by atoms with Gasteiger partial charge < -0.3 is 10.3 Å². The minimum absolute atomic E-state index is 0.219. The summed E-state index contributed by atoms with van der Waals surface area (Å²) in [5, 5.41) is 6.88. The maximum Gasteiger partial charge on any atom is 0.243 e. The van der Waals surface area contributed by atoms with Crippen LogP contribution in [0, 0.1) is 6.92 Å². The van der Waals surface area contributed by atoms with E-state index in [4.69, 9.17) is 10.3 Å². The number of hydrogen-bond donors (Lipinski definition) is 1. The normalized spacial score (nSPS) is 13.0. The Bertz CT molecular complexity index is 448. The van der Waals surface area contributed by atoms with E-state index in [0.29, 0.717) is 18.1 Å². The third-order valence-electron chi connectivity index (χ3n) is 1.88. The van der Waals surface area contributed by atoms with Crippen LogP contribution in [0.3, 0.4) is 0 Å². The van der Waals surface area contributed by atoms with Crippen molar-refractivity contribution in [3.8, 4) is 0 Å². The molecule has 0 aliphatic carbocycles. The van der Waals surface area contributed by atoms with Gasteiger partial charge in [-0.15, -0.1) is 11.3 Å². The van der Waals surface area contributed by atoms with Crippen molar-refractivity contribution >= 4 is 11.3 Å². The highest BCUT2D eigenvalue weighted by Gasteiger charge is 2.11. The van der Waals surface area contributed by atoms with Crippen LogP contribution < -0.4 is 5.73 Å². The van der Waals surface area contributed by atoms with Crippen LogP contribution in [0.25, 0.3) is 0 Å². The van der Waals surface area contributed by atoms with E-state index in [-0.39, 0.29) is 6.04 Å². The maximum atomic E-state index is 5.61. The van der Waals surface area contributed by atoms with Gasteiger partial charge in [-0.1, -0.05) is 5.16 Å². The second kappa shape index (κ2) is 4.08. The van der Waals surface area contributed by atoms with Crippen molar-refractivity contribution in [3.05, 3.63) is 27.8 Å². The van der Waals surface area contributed by atoms with E-state index in [1.54, 1.807) is 11.3 Å². The molecule has 2 aromatic heterocycles. The van der Waals surface area contributed by atoms with Gasteiger partial charge in [-0.05, 0) is 13.8 Å². The molecule has 1 atom stereocenters. The van der Waals surface area contributed by atoms with Crippen LogP contribution in [0.2, 0.25) is 0 Å². The van der Waals surface area contributed by atoms with E-state index in [1.807, 2.05) is 19.2 Å². The van der Waals surface area contributed by atoms with Crippen molar-refractivity contribution in [1.82, 2.24) is 15.1 Å². The van der Waals surface area contributed by atoms with Gasteiger partial charge in [-0.25, -0.2) is 4.98 Å². The van der Waals surface area contributed by atoms with Crippen LogP contribution in [0.1, 0.15) is 35.4 Å². The lowest BCUT2D eigenvalue weighted by molar-refractivity contribution is 0.357. The number of thiazole rings is 1. The molecule has 15 heavy (non-hydrogen) atoms. The molecule has 0 unspecified atom stereocenters.